The monoisotopic (exact) mass is 407 g/mol. The number of aryl methyl sites for hydroxylation is 1. The van der Waals surface area contributed by atoms with Crippen LogP contribution in [0.1, 0.15) is 52.2 Å². The van der Waals surface area contributed by atoms with Crippen LogP contribution in [0.4, 0.5) is 5.69 Å². The zero-order valence-corrected chi connectivity index (χ0v) is 19.1. The Morgan fingerprint density at radius 2 is 1.53 bits per heavy atom. The number of hydrogen-bond donors (Lipinski definition) is 1. The second-order valence-electron chi connectivity index (χ2n) is 9.30. The standard InChI is InChI=1S/C25H34BNO3/c1-7-21(26-29-24(3,4)25(5,6)30-26)20(17-19-14-9-8-10-15-19)23(28)27-22-16-12-11-13-18(22)2/h8-16,20-21H,7,17H2,1-6H3,(H,27,28)/t20-,21-/m1/s1. The van der Waals surface area contributed by atoms with Crippen LogP contribution in [0.15, 0.2) is 54.6 Å². The van der Waals surface area contributed by atoms with Gasteiger partial charge in [0.2, 0.25) is 5.91 Å². The molecule has 0 aromatic heterocycles. The molecule has 1 N–H and O–H groups in total. The number of amides is 1. The van der Waals surface area contributed by atoms with Crippen LogP contribution in [0.3, 0.4) is 0 Å². The summed E-state index contributed by atoms with van der Waals surface area (Å²) < 4.78 is 12.7. The van der Waals surface area contributed by atoms with Crippen molar-refractivity contribution < 1.29 is 14.1 Å². The minimum Gasteiger partial charge on any atom is -0.403 e. The van der Waals surface area contributed by atoms with E-state index in [2.05, 4.69) is 52.1 Å². The number of benzene rings is 2. The van der Waals surface area contributed by atoms with Crippen molar-refractivity contribution in [2.24, 2.45) is 5.92 Å². The third-order valence-electron chi connectivity index (χ3n) is 6.65. The summed E-state index contributed by atoms with van der Waals surface area (Å²) in [6.07, 6.45) is 1.43. The maximum absolute atomic E-state index is 13.5. The lowest BCUT2D eigenvalue weighted by atomic mass is 9.62. The Hall–Kier alpha value is -2.11. The van der Waals surface area contributed by atoms with Crippen LogP contribution in [0.2, 0.25) is 5.82 Å². The van der Waals surface area contributed by atoms with E-state index in [-0.39, 0.29) is 17.6 Å². The van der Waals surface area contributed by atoms with Crippen molar-refractivity contribution in [2.75, 3.05) is 5.32 Å². The molecule has 2 aromatic rings. The maximum atomic E-state index is 13.5. The Morgan fingerprint density at radius 1 is 0.967 bits per heavy atom. The molecule has 30 heavy (non-hydrogen) atoms. The number of hydrogen-bond acceptors (Lipinski definition) is 3. The van der Waals surface area contributed by atoms with Gasteiger partial charge < -0.3 is 14.6 Å². The van der Waals surface area contributed by atoms with E-state index >= 15 is 0 Å². The van der Waals surface area contributed by atoms with Gasteiger partial charge in [-0.25, -0.2) is 0 Å². The molecule has 1 amide bonds. The van der Waals surface area contributed by atoms with Crippen molar-refractivity contribution in [1.29, 1.82) is 0 Å². The van der Waals surface area contributed by atoms with Gasteiger partial charge in [-0.1, -0.05) is 61.9 Å². The lowest BCUT2D eigenvalue weighted by Crippen LogP contribution is -2.41. The third kappa shape index (κ3) is 4.79. The molecule has 0 aliphatic carbocycles. The summed E-state index contributed by atoms with van der Waals surface area (Å²) >= 11 is 0. The fourth-order valence-electron chi connectivity index (χ4n) is 3.98. The first-order valence-corrected chi connectivity index (χ1v) is 10.9. The molecule has 1 aliphatic rings. The normalized spacial score (nSPS) is 19.3. The van der Waals surface area contributed by atoms with Crippen molar-refractivity contribution >= 4 is 18.7 Å². The average molecular weight is 407 g/mol. The zero-order chi connectivity index (χ0) is 21.9. The van der Waals surface area contributed by atoms with Crippen molar-refractivity contribution in [3.63, 3.8) is 0 Å². The highest BCUT2D eigenvalue weighted by Crippen LogP contribution is 2.43. The number of nitrogens with one attached hydrogen (secondary N) is 1. The fourth-order valence-corrected chi connectivity index (χ4v) is 3.98. The second kappa shape index (κ2) is 8.95. The molecule has 0 saturated carbocycles. The summed E-state index contributed by atoms with van der Waals surface area (Å²) in [5.74, 6) is -0.323. The van der Waals surface area contributed by atoms with Crippen LogP contribution in [0.5, 0.6) is 0 Å². The quantitative estimate of drug-likeness (QED) is 0.602. The Labute approximate surface area is 181 Å². The van der Waals surface area contributed by atoms with Gasteiger partial charge >= 0.3 is 7.12 Å². The van der Waals surface area contributed by atoms with Crippen molar-refractivity contribution in [1.82, 2.24) is 0 Å². The van der Waals surface area contributed by atoms with E-state index in [1.165, 1.54) is 0 Å². The molecule has 5 heteroatoms. The SMILES string of the molecule is CC[C@@H](B1OC(C)(C)C(C)(C)O1)[C@@H](Cc1ccccc1)C(=O)Nc1ccccc1C. The molecule has 4 nitrogen and oxygen atoms in total. The number of anilines is 1. The predicted molar refractivity (Wildman–Crippen MR) is 124 cm³/mol. The predicted octanol–water partition coefficient (Wildman–Crippen LogP) is 5.66. The number of rotatable bonds is 7. The minimum absolute atomic E-state index is 0.00900. The Kier molecular flexibility index (Phi) is 6.73. The van der Waals surface area contributed by atoms with E-state index in [1.54, 1.807) is 0 Å². The van der Waals surface area contributed by atoms with Gasteiger partial charge in [-0.3, -0.25) is 4.79 Å². The summed E-state index contributed by atoms with van der Waals surface area (Å²) in [6, 6.07) is 18.1. The molecule has 160 valence electrons. The van der Waals surface area contributed by atoms with Crippen LogP contribution >= 0.6 is 0 Å². The van der Waals surface area contributed by atoms with Crippen LogP contribution in [-0.4, -0.2) is 24.2 Å². The van der Waals surface area contributed by atoms with E-state index in [9.17, 15) is 4.79 Å². The van der Waals surface area contributed by atoms with Crippen molar-refractivity contribution in [3.05, 3.63) is 65.7 Å². The number of carbonyl (C=O) groups excluding carboxylic acids is 1. The van der Waals surface area contributed by atoms with Gasteiger partial charge in [0.1, 0.15) is 0 Å². The number of para-hydroxylation sites is 1. The highest BCUT2D eigenvalue weighted by molar-refractivity contribution is 6.48. The first-order valence-electron chi connectivity index (χ1n) is 10.9. The molecular formula is C25H34BNO3. The summed E-state index contributed by atoms with van der Waals surface area (Å²) in [5, 5.41) is 3.16. The lowest BCUT2D eigenvalue weighted by Gasteiger charge is -2.32. The first-order chi connectivity index (χ1) is 14.1. The molecule has 0 bridgehead atoms. The molecule has 3 rings (SSSR count). The molecule has 0 radical (unpaired) electrons. The lowest BCUT2D eigenvalue weighted by molar-refractivity contribution is -0.120. The highest BCUT2D eigenvalue weighted by Gasteiger charge is 2.55. The largest absolute Gasteiger partial charge is 0.461 e. The average Bonchev–Trinajstić information content (AvgIpc) is 2.91. The Bertz CT molecular complexity index is 850. The molecule has 2 atom stereocenters. The Balaban J connectivity index is 1.89. The summed E-state index contributed by atoms with van der Waals surface area (Å²) in [6.45, 7) is 12.3. The number of carbonyl (C=O) groups is 1. The van der Waals surface area contributed by atoms with Gasteiger partial charge in [0.25, 0.3) is 0 Å². The van der Waals surface area contributed by atoms with E-state index in [0.717, 1.165) is 23.2 Å². The molecule has 1 saturated heterocycles. The van der Waals surface area contributed by atoms with Crippen molar-refractivity contribution in [2.45, 2.75) is 71.4 Å². The van der Waals surface area contributed by atoms with Gasteiger partial charge in [0.15, 0.2) is 0 Å². The van der Waals surface area contributed by atoms with Gasteiger partial charge in [-0.2, -0.15) is 0 Å². The zero-order valence-electron chi connectivity index (χ0n) is 19.1. The maximum Gasteiger partial charge on any atom is 0.461 e. The van der Waals surface area contributed by atoms with E-state index in [1.807, 2.05) is 49.4 Å². The van der Waals surface area contributed by atoms with E-state index < -0.39 is 18.3 Å². The minimum atomic E-state index is -0.422. The molecule has 2 aromatic carbocycles. The summed E-state index contributed by atoms with van der Waals surface area (Å²) in [7, 11) is -0.420. The first kappa shape index (κ1) is 22.6. The van der Waals surface area contributed by atoms with Gasteiger partial charge in [0, 0.05) is 17.4 Å². The second-order valence-corrected chi connectivity index (χ2v) is 9.30. The van der Waals surface area contributed by atoms with Crippen LogP contribution in [0, 0.1) is 12.8 Å². The van der Waals surface area contributed by atoms with Crippen LogP contribution in [-0.2, 0) is 20.5 Å². The molecular weight excluding hydrogens is 373 g/mol. The van der Waals surface area contributed by atoms with Gasteiger partial charge in [0.05, 0.1) is 11.2 Å². The highest BCUT2D eigenvalue weighted by atomic mass is 16.7. The molecule has 1 fully saturated rings. The fraction of sp³-hybridized carbons (Fsp3) is 0.480. The molecule has 0 unspecified atom stereocenters. The van der Waals surface area contributed by atoms with Crippen LogP contribution in [0.25, 0.3) is 0 Å². The third-order valence-corrected chi connectivity index (χ3v) is 6.65. The van der Waals surface area contributed by atoms with Crippen molar-refractivity contribution in [3.8, 4) is 0 Å². The van der Waals surface area contributed by atoms with Gasteiger partial charge in [-0.05, 0) is 58.2 Å². The topological polar surface area (TPSA) is 47.6 Å². The molecule has 0 spiro atoms. The summed E-state index contributed by atoms with van der Waals surface area (Å²) in [5.41, 5.74) is 2.19. The van der Waals surface area contributed by atoms with E-state index in [4.69, 9.17) is 9.31 Å². The summed E-state index contributed by atoms with van der Waals surface area (Å²) in [4.78, 5) is 13.5. The Morgan fingerprint density at radius 3 is 2.10 bits per heavy atom. The smallest absolute Gasteiger partial charge is 0.403 e. The molecule has 1 heterocycles. The molecule has 1 aliphatic heterocycles. The van der Waals surface area contributed by atoms with Crippen LogP contribution < -0.4 is 5.32 Å². The van der Waals surface area contributed by atoms with E-state index in [0.29, 0.717) is 6.42 Å². The van der Waals surface area contributed by atoms with Gasteiger partial charge in [-0.15, -0.1) is 0 Å².